The van der Waals surface area contributed by atoms with E-state index in [4.69, 9.17) is 4.42 Å². The molecule has 2 heterocycles. The Morgan fingerprint density at radius 3 is 3.20 bits per heavy atom. The van der Waals surface area contributed by atoms with Gasteiger partial charge in [0.2, 0.25) is 5.91 Å². The molecule has 2 rings (SSSR count). The summed E-state index contributed by atoms with van der Waals surface area (Å²) in [7, 11) is 0. The van der Waals surface area contributed by atoms with Crippen molar-refractivity contribution in [2.75, 3.05) is 13.1 Å². The van der Waals surface area contributed by atoms with Crippen molar-refractivity contribution in [1.82, 2.24) is 10.6 Å². The van der Waals surface area contributed by atoms with Crippen LogP contribution in [0.3, 0.4) is 0 Å². The number of nitrogens with one attached hydrogen (secondary N) is 2. The molecule has 5 heteroatoms. The molecule has 82 valence electrons. The molecular weight excluding hydrogens is 196 g/mol. The normalized spacial score (nSPS) is 22.7. The van der Waals surface area contributed by atoms with Gasteiger partial charge in [-0.25, -0.2) is 0 Å². The minimum atomic E-state index is -0.657. The highest BCUT2D eigenvalue weighted by Crippen LogP contribution is 2.12. The van der Waals surface area contributed by atoms with E-state index in [-0.39, 0.29) is 11.9 Å². The van der Waals surface area contributed by atoms with Gasteiger partial charge in [0.25, 0.3) is 0 Å². The van der Waals surface area contributed by atoms with Crippen LogP contribution in [0, 0.1) is 0 Å². The second kappa shape index (κ2) is 4.46. The molecule has 0 aromatic carbocycles. The first-order valence-electron chi connectivity index (χ1n) is 4.97. The summed E-state index contributed by atoms with van der Waals surface area (Å²) < 4.78 is 5.06. The lowest BCUT2D eigenvalue weighted by atomic mass is 10.2. The van der Waals surface area contributed by atoms with Crippen LogP contribution in [0.4, 0.5) is 0 Å². The van der Waals surface area contributed by atoms with Gasteiger partial charge in [0.15, 0.2) is 0 Å². The third kappa shape index (κ3) is 2.57. The lowest BCUT2D eigenvalue weighted by molar-refractivity contribution is -0.119. The van der Waals surface area contributed by atoms with Gasteiger partial charge in [-0.3, -0.25) is 4.79 Å². The van der Waals surface area contributed by atoms with E-state index in [1.165, 1.54) is 6.26 Å². The standard InChI is InChI=1S/C10H14N2O3/c13-8(9-2-1-3-15-9)6-11-7-4-10(14)12-5-7/h1-3,7-8,11,13H,4-6H2,(H,12,14). The van der Waals surface area contributed by atoms with Crippen LogP contribution in [-0.2, 0) is 4.79 Å². The lowest BCUT2D eigenvalue weighted by Gasteiger charge is -2.13. The number of carbonyl (C=O) groups excluding carboxylic acids is 1. The summed E-state index contributed by atoms with van der Waals surface area (Å²) in [6.07, 6.45) is 1.35. The smallest absolute Gasteiger partial charge is 0.221 e. The third-order valence-corrected chi connectivity index (χ3v) is 2.45. The molecule has 0 bridgehead atoms. The molecule has 0 spiro atoms. The second-order valence-electron chi connectivity index (χ2n) is 3.64. The van der Waals surface area contributed by atoms with Crippen LogP contribution in [-0.4, -0.2) is 30.1 Å². The van der Waals surface area contributed by atoms with E-state index in [2.05, 4.69) is 10.6 Å². The molecule has 0 aliphatic carbocycles. The molecule has 1 amide bonds. The first-order chi connectivity index (χ1) is 7.25. The summed E-state index contributed by atoms with van der Waals surface area (Å²) in [6, 6.07) is 3.57. The first kappa shape index (κ1) is 10.2. The number of aliphatic hydroxyl groups is 1. The minimum Gasteiger partial charge on any atom is -0.467 e. The molecule has 1 saturated heterocycles. The molecule has 1 aromatic rings. The maximum absolute atomic E-state index is 10.9. The van der Waals surface area contributed by atoms with E-state index in [1.54, 1.807) is 12.1 Å². The predicted octanol–water partition coefficient (Wildman–Crippen LogP) is -0.209. The molecule has 1 fully saturated rings. The number of hydrogen-bond acceptors (Lipinski definition) is 4. The van der Waals surface area contributed by atoms with Crippen LogP contribution in [0.5, 0.6) is 0 Å². The van der Waals surface area contributed by atoms with Gasteiger partial charge in [-0.15, -0.1) is 0 Å². The Labute approximate surface area is 87.5 Å². The van der Waals surface area contributed by atoms with E-state index in [0.717, 1.165) is 0 Å². The van der Waals surface area contributed by atoms with Crippen LogP contribution in [0.25, 0.3) is 0 Å². The average molecular weight is 210 g/mol. The molecule has 3 N–H and O–H groups in total. The number of amides is 1. The van der Waals surface area contributed by atoms with E-state index in [9.17, 15) is 9.90 Å². The van der Waals surface area contributed by atoms with Gasteiger partial charge >= 0.3 is 0 Å². The average Bonchev–Trinajstić information content (AvgIpc) is 2.84. The monoisotopic (exact) mass is 210 g/mol. The van der Waals surface area contributed by atoms with Gasteiger partial charge in [-0.05, 0) is 12.1 Å². The largest absolute Gasteiger partial charge is 0.467 e. The third-order valence-electron chi connectivity index (χ3n) is 2.45. The summed E-state index contributed by atoms with van der Waals surface area (Å²) in [4.78, 5) is 10.9. The number of hydrogen-bond donors (Lipinski definition) is 3. The Morgan fingerprint density at radius 2 is 2.60 bits per heavy atom. The van der Waals surface area contributed by atoms with Gasteiger partial charge in [0.05, 0.1) is 6.26 Å². The summed E-state index contributed by atoms with van der Waals surface area (Å²) in [5.41, 5.74) is 0. The predicted molar refractivity (Wildman–Crippen MR) is 53.1 cm³/mol. The number of carbonyl (C=O) groups is 1. The summed E-state index contributed by atoms with van der Waals surface area (Å²) in [5.74, 6) is 0.597. The van der Waals surface area contributed by atoms with Crippen molar-refractivity contribution in [3.63, 3.8) is 0 Å². The van der Waals surface area contributed by atoms with E-state index >= 15 is 0 Å². The zero-order chi connectivity index (χ0) is 10.7. The fourth-order valence-corrected chi connectivity index (χ4v) is 1.61. The Hall–Kier alpha value is -1.33. The molecule has 0 radical (unpaired) electrons. The van der Waals surface area contributed by atoms with Gasteiger partial charge in [0, 0.05) is 25.6 Å². The minimum absolute atomic E-state index is 0.0555. The van der Waals surface area contributed by atoms with Crippen molar-refractivity contribution < 1.29 is 14.3 Å². The van der Waals surface area contributed by atoms with Gasteiger partial charge in [0.1, 0.15) is 11.9 Å². The molecule has 0 saturated carbocycles. The second-order valence-corrected chi connectivity index (χ2v) is 3.64. The Morgan fingerprint density at radius 1 is 1.73 bits per heavy atom. The van der Waals surface area contributed by atoms with E-state index < -0.39 is 6.10 Å². The SMILES string of the molecule is O=C1CC(NCC(O)c2ccco2)CN1. The fraction of sp³-hybridized carbons (Fsp3) is 0.500. The number of aliphatic hydroxyl groups excluding tert-OH is 1. The van der Waals surface area contributed by atoms with Crippen molar-refractivity contribution >= 4 is 5.91 Å². The maximum atomic E-state index is 10.9. The molecule has 2 unspecified atom stereocenters. The topological polar surface area (TPSA) is 74.5 Å². The van der Waals surface area contributed by atoms with Crippen molar-refractivity contribution in [3.8, 4) is 0 Å². The first-order valence-corrected chi connectivity index (χ1v) is 4.97. The molecule has 5 nitrogen and oxygen atoms in total. The highest BCUT2D eigenvalue weighted by atomic mass is 16.4. The summed E-state index contributed by atoms with van der Waals surface area (Å²) in [6.45, 7) is 1.02. The Balaban J connectivity index is 1.76. The van der Waals surface area contributed by atoms with Gasteiger partial charge in [-0.2, -0.15) is 0 Å². The van der Waals surface area contributed by atoms with Crippen molar-refractivity contribution in [3.05, 3.63) is 24.2 Å². The van der Waals surface area contributed by atoms with Crippen LogP contribution < -0.4 is 10.6 Å². The van der Waals surface area contributed by atoms with E-state index in [0.29, 0.717) is 25.3 Å². The quantitative estimate of drug-likeness (QED) is 0.643. The maximum Gasteiger partial charge on any atom is 0.221 e. The molecular formula is C10H14N2O3. The number of rotatable bonds is 4. The highest BCUT2D eigenvalue weighted by Gasteiger charge is 2.22. The van der Waals surface area contributed by atoms with Crippen LogP contribution in [0.1, 0.15) is 18.3 Å². The molecule has 15 heavy (non-hydrogen) atoms. The summed E-state index contributed by atoms with van der Waals surface area (Å²) in [5, 5.41) is 15.5. The number of furan rings is 1. The van der Waals surface area contributed by atoms with Crippen molar-refractivity contribution in [1.29, 1.82) is 0 Å². The zero-order valence-corrected chi connectivity index (χ0v) is 8.27. The molecule has 1 aliphatic rings. The van der Waals surface area contributed by atoms with Crippen LogP contribution >= 0.6 is 0 Å². The molecule has 2 atom stereocenters. The van der Waals surface area contributed by atoms with Crippen LogP contribution in [0.15, 0.2) is 22.8 Å². The Kier molecular flexibility index (Phi) is 3.03. The van der Waals surface area contributed by atoms with Gasteiger partial charge in [-0.1, -0.05) is 0 Å². The lowest BCUT2D eigenvalue weighted by Crippen LogP contribution is -2.34. The highest BCUT2D eigenvalue weighted by molar-refractivity contribution is 5.78. The molecule has 1 aromatic heterocycles. The zero-order valence-electron chi connectivity index (χ0n) is 8.27. The van der Waals surface area contributed by atoms with Crippen molar-refractivity contribution in [2.24, 2.45) is 0 Å². The molecule has 1 aliphatic heterocycles. The fourth-order valence-electron chi connectivity index (χ4n) is 1.61. The Bertz CT molecular complexity index is 323. The van der Waals surface area contributed by atoms with Crippen molar-refractivity contribution in [2.45, 2.75) is 18.6 Å². The van der Waals surface area contributed by atoms with E-state index in [1.807, 2.05) is 0 Å². The summed E-state index contributed by atoms with van der Waals surface area (Å²) >= 11 is 0. The van der Waals surface area contributed by atoms with Crippen LogP contribution in [0.2, 0.25) is 0 Å². The van der Waals surface area contributed by atoms with Gasteiger partial charge < -0.3 is 20.2 Å².